The van der Waals surface area contributed by atoms with Gasteiger partial charge in [0.25, 0.3) is 5.91 Å². The van der Waals surface area contributed by atoms with Gasteiger partial charge in [0.2, 0.25) is 0 Å². The number of likely N-dealkylation sites (N-methyl/N-ethyl adjacent to an activating group) is 1. The highest BCUT2D eigenvalue weighted by Gasteiger charge is 2.32. The van der Waals surface area contributed by atoms with Gasteiger partial charge in [0.05, 0.1) is 11.5 Å². The number of para-hydroxylation sites is 1. The van der Waals surface area contributed by atoms with Crippen LogP contribution in [0, 0.1) is 0 Å². The zero-order chi connectivity index (χ0) is 13.9. The molecule has 1 aromatic rings. The van der Waals surface area contributed by atoms with Crippen LogP contribution in [-0.2, 0) is 14.6 Å². The summed E-state index contributed by atoms with van der Waals surface area (Å²) in [4.78, 5) is 13.4. The smallest absolute Gasteiger partial charge is 0.260 e. The molecule has 1 saturated heterocycles. The van der Waals surface area contributed by atoms with Crippen molar-refractivity contribution in [1.29, 1.82) is 0 Å². The Morgan fingerprint density at radius 2 is 2.05 bits per heavy atom. The molecule has 5 nitrogen and oxygen atoms in total. The van der Waals surface area contributed by atoms with Crippen LogP contribution in [0.1, 0.15) is 6.42 Å². The second kappa shape index (κ2) is 5.61. The van der Waals surface area contributed by atoms with Crippen molar-refractivity contribution in [1.82, 2.24) is 4.90 Å². The summed E-state index contributed by atoms with van der Waals surface area (Å²) in [6, 6.07) is 8.84. The van der Waals surface area contributed by atoms with Crippen LogP contribution in [0.3, 0.4) is 0 Å². The third kappa shape index (κ3) is 3.70. The van der Waals surface area contributed by atoms with E-state index in [1.54, 1.807) is 19.2 Å². The van der Waals surface area contributed by atoms with E-state index in [9.17, 15) is 13.2 Å². The van der Waals surface area contributed by atoms with Gasteiger partial charge in [-0.3, -0.25) is 4.79 Å². The first kappa shape index (κ1) is 13.9. The normalized spacial score (nSPS) is 21.0. The highest BCUT2D eigenvalue weighted by atomic mass is 32.2. The molecule has 1 heterocycles. The molecule has 104 valence electrons. The molecule has 0 aliphatic carbocycles. The number of hydrogen-bond donors (Lipinski definition) is 0. The average molecular weight is 283 g/mol. The van der Waals surface area contributed by atoms with Gasteiger partial charge >= 0.3 is 0 Å². The molecule has 0 aromatic heterocycles. The van der Waals surface area contributed by atoms with Crippen LogP contribution in [0.15, 0.2) is 30.3 Å². The van der Waals surface area contributed by atoms with Gasteiger partial charge in [-0.25, -0.2) is 8.42 Å². The number of carbonyl (C=O) groups is 1. The summed E-state index contributed by atoms with van der Waals surface area (Å²) in [6.07, 6.45) is 0.510. The largest absolute Gasteiger partial charge is 0.484 e. The van der Waals surface area contributed by atoms with Gasteiger partial charge in [0, 0.05) is 13.1 Å². The molecule has 0 N–H and O–H groups in total. The quantitative estimate of drug-likeness (QED) is 0.816. The number of carbonyl (C=O) groups excluding carboxylic acids is 1. The van der Waals surface area contributed by atoms with Crippen molar-refractivity contribution in [2.45, 2.75) is 12.5 Å². The summed E-state index contributed by atoms with van der Waals surface area (Å²) < 4.78 is 28.1. The molecule has 0 radical (unpaired) electrons. The highest BCUT2D eigenvalue weighted by Crippen LogP contribution is 2.17. The molecular formula is C13H17NO4S. The Hall–Kier alpha value is -1.56. The van der Waals surface area contributed by atoms with Crippen molar-refractivity contribution < 1.29 is 17.9 Å². The number of amides is 1. The molecule has 0 spiro atoms. The van der Waals surface area contributed by atoms with Crippen LogP contribution in [0.5, 0.6) is 5.75 Å². The number of rotatable bonds is 4. The maximum absolute atomic E-state index is 11.9. The van der Waals surface area contributed by atoms with Crippen LogP contribution in [0.2, 0.25) is 0 Å². The molecule has 1 amide bonds. The predicted octanol–water partition coefficient (Wildman–Crippen LogP) is 0.711. The zero-order valence-corrected chi connectivity index (χ0v) is 11.6. The molecule has 1 aromatic carbocycles. The molecule has 1 atom stereocenters. The Kier molecular flexibility index (Phi) is 4.09. The van der Waals surface area contributed by atoms with Crippen molar-refractivity contribution in [3.63, 3.8) is 0 Å². The van der Waals surface area contributed by atoms with Crippen LogP contribution in [0.4, 0.5) is 0 Å². The predicted molar refractivity (Wildman–Crippen MR) is 71.8 cm³/mol. The summed E-state index contributed by atoms with van der Waals surface area (Å²) in [7, 11) is -1.35. The Morgan fingerprint density at radius 3 is 2.63 bits per heavy atom. The Balaban J connectivity index is 1.87. The molecule has 0 bridgehead atoms. The minimum atomic E-state index is -2.98. The number of nitrogens with zero attached hydrogens (tertiary/aromatic N) is 1. The molecule has 1 aliphatic heterocycles. The maximum Gasteiger partial charge on any atom is 0.260 e. The highest BCUT2D eigenvalue weighted by molar-refractivity contribution is 7.91. The first-order valence-corrected chi connectivity index (χ1v) is 7.94. The minimum absolute atomic E-state index is 0.0561. The van der Waals surface area contributed by atoms with Crippen LogP contribution >= 0.6 is 0 Å². The van der Waals surface area contributed by atoms with E-state index >= 15 is 0 Å². The summed E-state index contributed by atoms with van der Waals surface area (Å²) in [5, 5.41) is 0. The van der Waals surface area contributed by atoms with Crippen molar-refractivity contribution in [3.05, 3.63) is 30.3 Å². The first-order valence-electron chi connectivity index (χ1n) is 6.12. The number of benzene rings is 1. The lowest BCUT2D eigenvalue weighted by Crippen LogP contribution is -2.40. The third-order valence-electron chi connectivity index (χ3n) is 3.26. The van der Waals surface area contributed by atoms with E-state index in [-0.39, 0.29) is 30.1 Å². The van der Waals surface area contributed by atoms with E-state index in [0.717, 1.165) is 0 Å². The molecule has 2 rings (SSSR count). The third-order valence-corrected chi connectivity index (χ3v) is 5.01. The van der Waals surface area contributed by atoms with Gasteiger partial charge in [-0.2, -0.15) is 0 Å². The topological polar surface area (TPSA) is 63.7 Å². The van der Waals surface area contributed by atoms with E-state index < -0.39 is 9.84 Å². The molecule has 1 aliphatic rings. The van der Waals surface area contributed by atoms with E-state index in [1.165, 1.54) is 4.90 Å². The minimum Gasteiger partial charge on any atom is -0.484 e. The molecule has 1 fully saturated rings. The number of sulfone groups is 1. The maximum atomic E-state index is 11.9. The van der Waals surface area contributed by atoms with E-state index in [1.807, 2.05) is 18.2 Å². The molecule has 0 unspecified atom stereocenters. The standard InChI is InChI=1S/C13H17NO4S/c1-14(11-7-8-19(16,17)10-11)13(15)9-18-12-5-3-2-4-6-12/h2-6,11H,7-10H2,1H3/t11-/m1/s1. The van der Waals surface area contributed by atoms with Gasteiger partial charge in [0.1, 0.15) is 5.75 Å². The van der Waals surface area contributed by atoms with Crippen LogP contribution in [0.25, 0.3) is 0 Å². The van der Waals surface area contributed by atoms with Crippen molar-refractivity contribution in [2.75, 3.05) is 25.2 Å². The lowest BCUT2D eigenvalue weighted by molar-refractivity contribution is -0.133. The van der Waals surface area contributed by atoms with Gasteiger partial charge in [-0.1, -0.05) is 18.2 Å². The fourth-order valence-electron chi connectivity index (χ4n) is 2.05. The molecular weight excluding hydrogens is 266 g/mol. The summed E-state index contributed by atoms with van der Waals surface area (Å²) in [6.45, 7) is -0.0724. The van der Waals surface area contributed by atoms with Crippen molar-refractivity contribution in [2.24, 2.45) is 0 Å². The van der Waals surface area contributed by atoms with E-state index in [4.69, 9.17) is 4.74 Å². The van der Waals surface area contributed by atoms with E-state index in [0.29, 0.717) is 12.2 Å². The second-order valence-corrected chi connectivity index (χ2v) is 6.89. The van der Waals surface area contributed by atoms with E-state index in [2.05, 4.69) is 0 Å². The summed E-state index contributed by atoms with van der Waals surface area (Å²) >= 11 is 0. The summed E-state index contributed by atoms with van der Waals surface area (Å²) in [5.74, 6) is 0.643. The van der Waals surface area contributed by atoms with Gasteiger partial charge in [-0.15, -0.1) is 0 Å². The SMILES string of the molecule is CN(C(=O)COc1ccccc1)[C@@H]1CCS(=O)(=O)C1. The molecule has 0 saturated carbocycles. The fourth-order valence-corrected chi connectivity index (χ4v) is 3.82. The van der Waals surface area contributed by atoms with Crippen LogP contribution in [-0.4, -0.2) is 50.4 Å². The molecule has 6 heteroatoms. The first-order chi connectivity index (χ1) is 8.98. The lowest BCUT2D eigenvalue weighted by Gasteiger charge is -2.23. The fraction of sp³-hybridized carbons (Fsp3) is 0.462. The number of hydrogen-bond acceptors (Lipinski definition) is 4. The van der Waals surface area contributed by atoms with Gasteiger partial charge < -0.3 is 9.64 Å². The van der Waals surface area contributed by atoms with Crippen LogP contribution < -0.4 is 4.74 Å². The molecule has 19 heavy (non-hydrogen) atoms. The second-order valence-electron chi connectivity index (χ2n) is 4.66. The number of ether oxygens (including phenoxy) is 1. The van der Waals surface area contributed by atoms with Crippen molar-refractivity contribution >= 4 is 15.7 Å². The van der Waals surface area contributed by atoms with Gasteiger partial charge in [-0.05, 0) is 18.6 Å². The average Bonchev–Trinajstić information content (AvgIpc) is 2.76. The van der Waals surface area contributed by atoms with Crippen molar-refractivity contribution in [3.8, 4) is 5.75 Å². The lowest BCUT2D eigenvalue weighted by atomic mass is 10.2. The zero-order valence-electron chi connectivity index (χ0n) is 10.8. The monoisotopic (exact) mass is 283 g/mol. The summed E-state index contributed by atoms with van der Waals surface area (Å²) in [5.41, 5.74) is 0. The Morgan fingerprint density at radius 1 is 1.37 bits per heavy atom. The Bertz CT molecular complexity index is 541. The Labute approximate surface area is 113 Å². The van der Waals surface area contributed by atoms with Gasteiger partial charge in [0.15, 0.2) is 16.4 Å².